The normalized spacial score (nSPS) is 12.3. The van der Waals surface area contributed by atoms with Gasteiger partial charge in [-0.1, -0.05) is 30.3 Å². The van der Waals surface area contributed by atoms with Crippen molar-refractivity contribution in [3.8, 4) is 0 Å². The molecule has 0 aliphatic rings. The van der Waals surface area contributed by atoms with Gasteiger partial charge in [-0.05, 0) is 17.5 Å². The molecule has 1 aromatic carbocycles. The van der Waals surface area contributed by atoms with Gasteiger partial charge in [0, 0.05) is 19.0 Å². The molecule has 0 amide bonds. The van der Waals surface area contributed by atoms with E-state index in [0.717, 1.165) is 11.1 Å². The van der Waals surface area contributed by atoms with Crippen molar-refractivity contribution in [1.82, 2.24) is 9.78 Å². The Morgan fingerprint density at radius 3 is 2.68 bits per heavy atom. The van der Waals surface area contributed by atoms with Crippen molar-refractivity contribution in [2.75, 3.05) is 0 Å². The van der Waals surface area contributed by atoms with E-state index in [1.165, 1.54) is 11.8 Å². The Hall–Kier alpha value is -1.75. The van der Waals surface area contributed by atoms with Crippen molar-refractivity contribution in [2.45, 2.75) is 17.4 Å². The zero-order chi connectivity index (χ0) is 13.7. The Morgan fingerprint density at radius 1 is 1.37 bits per heavy atom. The van der Waals surface area contributed by atoms with Crippen LogP contribution in [0.2, 0.25) is 0 Å². The zero-order valence-corrected chi connectivity index (χ0v) is 11.5. The first-order valence-electron chi connectivity index (χ1n) is 6.01. The maximum absolute atomic E-state index is 11.3. The highest BCUT2D eigenvalue weighted by Gasteiger charge is 2.18. The molecule has 2 rings (SSSR count). The number of carboxylic acid groups (broad SMARTS) is 1. The van der Waals surface area contributed by atoms with Gasteiger partial charge < -0.3 is 5.11 Å². The second kappa shape index (κ2) is 6.43. The second-order valence-electron chi connectivity index (χ2n) is 4.35. The van der Waals surface area contributed by atoms with E-state index in [-0.39, 0.29) is 0 Å². The van der Waals surface area contributed by atoms with Crippen LogP contribution in [-0.2, 0) is 24.0 Å². The number of hydrogen-bond acceptors (Lipinski definition) is 3. The standard InChI is InChI=1S/C14H16N2O2S/c1-16-9-12(8-15-16)10-19-13(14(17)18)7-11-5-3-2-4-6-11/h2-6,8-9,13H,7,10H2,1H3,(H,17,18). The van der Waals surface area contributed by atoms with Crippen molar-refractivity contribution in [3.63, 3.8) is 0 Å². The van der Waals surface area contributed by atoms with Gasteiger partial charge >= 0.3 is 5.97 Å². The molecular formula is C14H16N2O2S. The van der Waals surface area contributed by atoms with Crippen LogP contribution in [0.15, 0.2) is 42.7 Å². The molecule has 0 spiro atoms. The van der Waals surface area contributed by atoms with Gasteiger partial charge in [-0.2, -0.15) is 5.10 Å². The van der Waals surface area contributed by atoms with Gasteiger partial charge in [0.1, 0.15) is 5.25 Å². The fourth-order valence-electron chi connectivity index (χ4n) is 1.79. The Labute approximate surface area is 116 Å². The van der Waals surface area contributed by atoms with E-state index in [2.05, 4.69) is 5.10 Å². The Bertz CT molecular complexity index is 539. The van der Waals surface area contributed by atoms with Crippen LogP contribution < -0.4 is 0 Å². The molecule has 100 valence electrons. The third kappa shape index (κ3) is 4.13. The summed E-state index contributed by atoms with van der Waals surface area (Å²) in [5, 5.41) is 12.9. The largest absolute Gasteiger partial charge is 0.480 e. The number of benzene rings is 1. The summed E-state index contributed by atoms with van der Waals surface area (Å²) in [6.07, 6.45) is 4.23. The van der Waals surface area contributed by atoms with E-state index in [1.807, 2.05) is 43.6 Å². The van der Waals surface area contributed by atoms with Crippen LogP contribution in [0, 0.1) is 0 Å². The Kier molecular flexibility index (Phi) is 4.63. The van der Waals surface area contributed by atoms with Crippen LogP contribution in [0.3, 0.4) is 0 Å². The van der Waals surface area contributed by atoms with Crippen molar-refractivity contribution in [2.24, 2.45) is 7.05 Å². The minimum atomic E-state index is -0.766. The van der Waals surface area contributed by atoms with Crippen molar-refractivity contribution in [3.05, 3.63) is 53.9 Å². The second-order valence-corrected chi connectivity index (χ2v) is 5.54. The first-order valence-corrected chi connectivity index (χ1v) is 7.06. The van der Waals surface area contributed by atoms with Gasteiger partial charge in [0.15, 0.2) is 0 Å². The van der Waals surface area contributed by atoms with E-state index in [9.17, 15) is 9.90 Å². The summed E-state index contributed by atoms with van der Waals surface area (Å²) in [6.45, 7) is 0. The maximum Gasteiger partial charge on any atom is 0.316 e. The monoisotopic (exact) mass is 276 g/mol. The van der Waals surface area contributed by atoms with Crippen LogP contribution in [0.4, 0.5) is 0 Å². The molecule has 5 heteroatoms. The van der Waals surface area contributed by atoms with Gasteiger partial charge in [-0.25, -0.2) is 0 Å². The smallest absolute Gasteiger partial charge is 0.316 e. The van der Waals surface area contributed by atoms with Crippen LogP contribution in [0.5, 0.6) is 0 Å². The summed E-state index contributed by atoms with van der Waals surface area (Å²) < 4.78 is 1.73. The highest BCUT2D eigenvalue weighted by molar-refractivity contribution is 7.99. The zero-order valence-electron chi connectivity index (χ0n) is 10.7. The number of thioether (sulfide) groups is 1. The lowest BCUT2D eigenvalue weighted by Crippen LogP contribution is -2.19. The topological polar surface area (TPSA) is 55.1 Å². The van der Waals surface area contributed by atoms with E-state index >= 15 is 0 Å². The maximum atomic E-state index is 11.3. The molecule has 19 heavy (non-hydrogen) atoms. The van der Waals surface area contributed by atoms with Crippen LogP contribution in [0.25, 0.3) is 0 Å². The summed E-state index contributed by atoms with van der Waals surface area (Å²) in [5.74, 6) is -0.102. The summed E-state index contributed by atoms with van der Waals surface area (Å²) in [5.41, 5.74) is 2.10. The van der Waals surface area contributed by atoms with E-state index in [0.29, 0.717) is 12.2 Å². The van der Waals surface area contributed by atoms with Gasteiger partial charge in [-0.15, -0.1) is 11.8 Å². The van der Waals surface area contributed by atoms with E-state index in [4.69, 9.17) is 0 Å². The third-order valence-electron chi connectivity index (χ3n) is 2.75. The lowest BCUT2D eigenvalue weighted by molar-refractivity contribution is -0.136. The molecule has 0 aliphatic carbocycles. The Balaban J connectivity index is 1.95. The number of carboxylic acids is 1. The lowest BCUT2D eigenvalue weighted by Gasteiger charge is -2.11. The molecule has 0 bridgehead atoms. The predicted octanol–water partition coefficient (Wildman–Crippen LogP) is 2.35. The van der Waals surface area contributed by atoms with Crippen LogP contribution in [0.1, 0.15) is 11.1 Å². The molecule has 1 aromatic heterocycles. The highest BCUT2D eigenvalue weighted by atomic mass is 32.2. The molecule has 0 aliphatic heterocycles. The predicted molar refractivity (Wildman–Crippen MR) is 76.1 cm³/mol. The molecule has 0 saturated carbocycles. The molecule has 1 N–H and O–H groups in total. The van der Waals surface area contributed by atoms with Crippen molar-refractivity contribution in [1.29, 1.82) is 0 Å². The van der Waals surface area contributed by atoms with Gasteiger partial charge in [0.05, 0.1) is 6.20 Å². The molecule has 0 saturated heterocycles. The average molecular weight is 276 g/mol. The SMILES string of the molecule is Cn1cc(CSC(Cc2ccccc2)C(=O)O)cn1. The molecular weight excluding hydrogens is 260 g/mol. The van der Waals surface area contributed by atoms with Crippen molar-refractivity contribution >= 4 is 17.7 Å². The fraction of sp³-hybridized carbons (Fsp3) is 0.286. The van der Waals surface area contributed by atoms with Gasteiger partial charge in [-0.3, -0.25) is 9.48 Å². The first-order chi connectivity index (χ1) is 9.15. The minimum absolute atomic E-state index is 0.428. The Morgan fingerprint density at radius 2 is 2.11 bits per heavy atom. The molecule has 0 fully saturated rings. The minimum Gasteiger partial charge on any atom is -0.480 e. The summed E-state index contributed by atoms with van der Waals surface area (Å²) in [7, 11) is 1.85. The third-order valence-corrected chi connectivity index (χ3v) is 4.02. The first kappa shape index (κ1) is 13.7. The van der Waals surface area contributed by atoms with Crippen LogP contribution in [-0.4, -0.2) is 26.1 Å². The van der Waals surface area contributed by atoms with Gasteiger partial charge in [0.25, 0.3) is 0 Å². The molecule has 2 aromatic rings. The molecule has 4 nitrogen and oxygen atoms in total. The quantitative estimate of drug-likeness (QED) is 0.880. The van der Waals surface area contributed by atoms with E-state index < -0.39 is 11.2 Å². The number of aryl methyl sites for hydroxylation is 1. The van der Waals surface area contributed by atoms with Crippen LogP contribution >= 0.6 is 11.8 Å². The number of rotatable bonds is 6. The number of nitrogens with zero attached hydrogens (tertiary/aromatic N) is 2. The number of aromatic nitrogens is 2. The summed E-state index contributed by atoms with van der Waals surface area (Å²) in [4.78, 5) is 11.3. The average Bonchev–Trinajstić information content (AvgIpc) is 2.81. The lowest BCUT2D eigenvalue weighted by atomic mass is 10.1. The molecule has 1 heterocycles. The molecule has 0 radical (unpaired) electrons. The number of aliphatic carboxylic acids is 1. The highest BCUT2D eigenvalue weighted by Crippen LogP contribution is 2.21. The van der Waals surface area contributed by atoms with Gasteiger partial charge in [0.2, 0.25) is 0 Å². The number of hydrogen-bond donors (Lipinski definition) is 1. The summed E-state index contributed by atoms with van der Waals surface area (Å²) in [6, 6.07) is 9.71. The molecule has 1 atom stereocenters. The van der Waals surface area contributed by atoms with E-state index in [1.54, 1.807) is 10.9 Å². The fourth-order valence-corrected chi connectivity index (χ4v) is 2.78. The summed E-state index contributed by atoms with van der Waals surface area (Å²) >= 11 is 1.44. The molecule has 1 unspecified atom stereocenters. The number of carbonyl (C=O) groups is 1. The van der Waals surface area contributed by atoms with Crippen molar-refractivity contribution < 1.29 is 9.90 Å².